The Morgan fingerprint density at radius 1 is 0.324 bits per heavy atom. The Labute approximate surface area is 227 Å². The predicted molar refractivity (Wildman–Crippen MR) is 158 cm³/mol. The third kappa shape index (κ3) is 23.1. The highest BCUT2D eigenvalue weighted by Crippen LogP contribution is 1.97. The van der Waals surface area contributed by atoms with Gasteiger partial charge in [-0.15, -0.1) is 0 Å². The molecule has 0 aromatic rings. The summed E-state index contributed by atoms with van der Waals surface area (Å²) in [6.45, 7) is 20.1. The van der Waals surface area contributed by atoms with Gasteiger partial charge in [-0.2, -0.15) is 0 Å². The summed E-state index contributed by atoms with van der Waals surface area (Å²) in [7, 11) is 0. The van der Waals surface area contributed by atoms with Crippen LogP contribution in [0.5, 0.6) is 0 Å². The Balaban J connectivity index is 4.75. The van der Waals surface area contributed by atoms with Crippen molar-refractivity contribution in [2.45, 2.75) is 6.42 Å². The van der Waals surface area contributed by atoms with Gasteiger partial charge in [-0.1, -0.05) is 0 Å². The van der Waals surface area contributed by atoms with E-state index in [1.807, 2.05) is 0 Å². The minimum atomic E-state index is 0.521. The average Bonchev–Trinajstić information content (AvgIpc) is 2.89. The van der Waals surface area contributed by atoms with Crippen molar-refractivity contribution in [2.75, 3.05) is 151 Å². The Kier molecular flexibility index (Phi) is 28.1. The van der Waals surface area contributed by atoms with Gasteiger partial charge in [0, 0.05) is 138 Å². The molecule has 0 rings (SSSR count). The highest BCUT2D eigenvalue weighted by Gasteiger charge is 2.12. The molecule has 0 saturated heterocycles. The van der Waals surface area contributed by atoms with Gasteiger partial charge < -0.3 is 55.3 Å². The zero-order chi connectivity index (χ0) is 27.4. The fraction of sp³-hybridized carbons (Fsp3) is 1.00. The molecule has 0 bridgehead atoms. The van der Waals surface area contributed by atoms with Crippen LogP contribution in [0, 0.1) is 0 Å². The van der Waals surface area contributed by atoms with Crippen molar-refractivity contribution in [3.05, 3.63) is 0 Å². The number of hydrogen-bond donors (Lipinski definition) is 9. The van der Waals surface area contributed by atoms with Crippen LogP contribution in [0.3, 0.4) is 0 Å². The summed E-state index contributed by atoms with van der Waals surface area (Å²) in [5, 5.41) is 10.3. The van der Waals surface area contributed by atoms with Crippen LogP contribution in [0.4, 0.5) is 0 Å². The van der Waals surface area contributed by atoms with E-state index in [9.17, 15) is 0 Å². The van der Waals surface area contributed by atoms with Crippen LogP contribution in [0.1, 0.15) is 6.42 Å². The molecule has 37 heavy (non-hydrogen) atoms. The molecule has 0 aromatic carbocycles. The molecule has 0 unspecified atom stereocenters. The normalized spacial score (nSPS) is 12.2. The maximum Gasteiger partial charge on any atom is 0.0428 e. The summed E-state index contributed by atoms with van der Waals surface area (Å²) >= 11 is 0. The van der Waals surface area contributed by atoms with Crippen molar-refractivity contribution < 1.29 is 0 Å². The molecule has 15 N–H and O–H groups in total. The number of nitrogens with two attached hydrogens (primary N) is 6. The summed E-state index contributed by atoms with van der Waals surface area (Å²) in [6.07, 6.45) is 1.08. The third-order valence-corrected chi connectivity index (χ3v) is 6.35. The number of hydrogen-bond acceptors (Lipinski definition) is 13. The van der Waals surface area contributed by atoms with E-state index in [-0.39, 0.29) is 0 Å². The van der Waals surface area contributed by atoms with Crippen LogP contribution in [-0.2, 0) is 0 Å². The van der Waals surface area contributed by atoms with E-state index in [1.54, 1.807) is 0 Å². The molecule has 0 fully saturated rings. The molecule has 0 aliphatic carbocycles. The largest absolute Gasteiger partial charge is 0.329 e. The Bertz CT molecular complexity index is 435. The molecule has 224 valence electrons. The van der Waals surface area contributed by atoms with Gasteiger partial charge in [-0.25, -0.2) is 0 Å². The lowest BCUT2D eigenvalue weighted by molar-refractivity contribution is 0.176. The molecule has 0 amide bonds. The molecule has 0 heterocycles. The fourth-order valence-corrected chi connectivity index (χ4v) is 4.23. The number of nitrogens with zero attached hydrogens (tertiary/aromatic N) is 4. The van der Waals surface area contributed by atoms with Crippen molar-refractivity contribution in [2.24, 2.45) is 34.4 Å². The van der Waals surface area contributed by atoms with E-state index in [0.29, 0.717) is 39.4 Å². The summed E-state index contributed by atoms with van der Waals surface area (Å²) in [5.74, 6) is 0. The first kappa shape index (κ1) is 36.5. The predicted octanol–water partition coefficient (Wildman–Crippen LogP) is -4.94. The highest BCUT2D eigenvalue weighted by atomic mass is 15.2. The van der Waals surface area contributed by atoms with Crippen LogP contribution in [0.15, 0.2) is 0 Å². The van der Waals surface area contributed by atoms with E-state index < -0.39 is 0 Å². The maximum atomic E-state index is 5.80. The van der Waals surface area contributed by atoms with Crippen molar-refractivity contribution in [3.63, 3.8) is 0 Å². The summed E-state index contributed by atoms with van der Waals surface area (Å²) in [5.41, 5.74) is 34.3. The number of nitrogens with one attached hydrogen (secondary N) is 3. The first-order valence-electron chi connectivity index (χ1n) is 14.4. The smallest absolute Gasteiger partial charge is 0.0428 e. The average molecular weight is 534 g/mol. The van der Waals surface area contributed by atoms with Crippen molar-refractivity contribution in [3.8, 4) is 0 Å². The Morgan fingerprint density at radius 3 is 1.11 bits per heavy atom. The number of rotatable bonds is 30. The molecule has 0 atom stereocenters. The molecule has 0 aliphatic heterocycles. The second-order valence-corrected chi connectivity index (χ2v) is 9.37. The third-order valence-electron chi connectivity index (χ3n) is 6.35. The Hall–Kier alpha value is -0.520. The van der Waals surface area contributed by atoms with Crippen molar-refractivity contribution >= 4 is 0 Å². The standard InChI is InChI=1S/C24H63N13/c25-2-8-31-9-18-37(19-11-32-10-17-35(13-3-26)14-4-27)23-21-34(12-1-7-33-24-30)20-22-36(15-5-28)16-6-29/h31-33H,1-30H2. The Morgan fingerprint density at radius 2 is 0.703 bits per heavy atom. The van der Waals surface area contributed by atoms with Crippen molar-refractivity contribution in [1.29, 1.82) is 0 Å². The summed E-state index contributed by atoms with van der Waals surface area (Å²) in [4.78, 5) is 9.78. The van der Waals surface area contributed by atoms with Gasteiger partial charge in [0.05, 0.1) is 0 Å². The molecule has 13 nitrogen and oxygen atoms in total. The van der Waals surface area contributed by atoms with E-state index in [1.165, 1.54) is 0 Å². The van der Waals surface area contributed by atoms with Crippen LogP contribution in [-0.4, -0.2) is 170 Å². The molecule has 0 radical (unpaired) electrons. The second kappa shape index (κ2) is 28.5. The molecular weight excluding hydrogens is 470 g/mol. The molecule has 0 spiro atoms. The SMILES string of the molecule is NCCNCCN(CCNCCN(CCN)CCN)CCN(CCCNCN)CCN(CCN)CCN. The van der Waals surface area contributed by atoms with Crippen molar-refractivity contribution in [1.82, 2.24) is 35.6 Å². The van der Waals surface area contributed by atoms with Gasteiger partial charge in [0.2, 0.25) is 0 Å². The zero-order valence-corrected chi connectivity index (χ0v) is 23.7. The topological polar surface area (TPSA) is 205 Å². The summed E-state index contributed by atoms with van der Waals surface area (Å²) < 4.78 is 0. The van der Waals surface area contributed by atoms with Gasteiger partial charge in [-0.3, -0.25) is 14.7 Å². The van der Waals surface area contributed by atoms with Gasteiger partial charge in [-0.05, 0) is 19.5 Å². The van der Waals surface area contributed by atoms with Gasteiger partial charge in [0.15, 0.2) is 0 Å². The molecule has 0 aromatic heterocycles. The van der Waals surface area contributed by atoms with Crippen LogP contribution < -0.4 is 50.4 Å². The highest BCUT2D eigenvalue weighted by molar-refractivity contribution is 4.70. The van der Waals surface area contributed by atoms with E-state index >= 15 is 0 Å². The minimum absolute atomic E-state index is 0.521. The maximum absolute atomic E-state index is 5.80. The van der Waals surface area contributed by atoms with E-state index in [0.717, 1.165) is 118 Å². The van der Waals surface area contributed by atoms with E-state index in [2.05, 4.69) is 35.6 Å². The lowest BCUT2D eigenvalue weighted by atomic mass is 10.3. The van der Waals surface area contributed by atoms with Gasteiger partial charge in [0.25, 0.3) is 0 Å². The lowest BCUT2D eigenvalue weighted by Crippen LogP contribution is -2.45. The molecule has 0 aliphatic rings. The fourth-order valence-electron chi connectivity index (χ4n) is 4.23. The first-order valence-corrected chi connectivity index (χ1v) is 14.4. The second-order valence-electron chi connectivity index (χ2n) is 9.37. The summed E-state index contributed by atoms with van der Waals surface area (Å²) in [6, 6.07) is 0. The quantitative estimate of drug-likeness (QED) is 0.0314. The molecular formula is C24H63N13. The lowest BCUT2D eigenvalue weighted by Gasteiger charge is -2.30. The van der Waals surface area contributed by atoms with Crippen LogP contribution >= 0.6 is 0 Å². The molecule has 0 saturated carbocycles. The zero-order valence-electron chi connectivity index (χ0n) is 23.7. The van der Waals surface area contributed by atoms with Gasteiger partial charge >= 0.3 is 0 Å². The first-order chi connectivity index (χ1) is 18.1. The van der Waals surface area contributed by atoms with E-state index in [4.69, 9.17) is 34.4 Å². The monoisotopic (exact) mass is 534 g/mol. The van der Waals surface area contributed by atoms with Crippen LogP contribution in [0.2, 0.25) is 0 Å². The van der Waals surface area contributed by atoms with Gasteiger partial charge in [0.1, 0.15) is 0 Å². The molecule has 13 heteroatoms. The van der Waals surface area contributed by atoms with Crippen LogP contribution in [0.25, 0.3) is 0 Å². The minimum Gasteiger partial charge on any atom is -0.329 e.